The molecule has 2 aromatic rings. The second kappa shape index (κ2) is 8.58. The van der Waals surface area contributed by atoms with Gasteiger partial charge in [0.15, 0.2) is 0 Å². The lowest BCUT2D eigenvalue weighted by atomic mass is 10.0. The molecule has 1 atom stereocenters. The molecule has 136 valence electrons. The van der Waals surface area contributed by atoms with Crippen LogP contribution < -0.4 is 9.47 Å². The fourth-order valence-corrected chi connectivity index (χ4v) is 3.91. The first kappa shape index (κ1) is 18.1. The molecule has 6 nitrogen and oxygen atoms in total. The Hall–Kier alpha value is -1.73. The fraction of sp³-hybridized carbons (Fsp3) is 0.556. The van der Waals surface area contributed by atoms with E-state index in [2.05, 4.69) is 22.1 Å². The van der Waals surface area contributed by atoms with Crippen molar-refractivity contribution in [1.29, 1.82) is 0 Å². The lowest BCUT2D eigenvalue weighted by molar-refractivity contribution is 0.182. The van der Waals surface area contributed by atoms with Crippen LogP contribution in [-0.2, 0) is 0 Å². The minimum Gasteiger partial charge on any atom is -0.497 e. The van der Waals surface area contributed by atoms with Gasteiger partial charge < -0.3 is 18.8 Å². The third kappa shape index (κ3) is 4.67. The minimum atomic E-state index is 0.481. The van der Waals surface area contributed by atoms with Crippen LogP contribution in [0.25, 0.3) is 11.5 Å². The highest BCUT2D eigenvalue weighted by atomic mass is 32.2. The zero-order valence-corrected chi connectivity index (χ0v) is 15.8. The van der Waals surface area contributed by atoms with Crippen LogP contribution in [0.3, 0.4) is 0 Å². The fourth-order valence-electron chi connectivity index (χ4n) is 3.11. The zero-order valence-electron chi connectivity index (χ0n) is 15.0. The highest BCUT2D eigenvalue weighted by Crippen LogP contribution is 2.31. The molecule has 1 fully saturated rings. The predicted octanol–water partition coefficient (Wildman–Crippen LogP) is 3.72. The van der Waals surface area contributed by atoms with E-state index < -0.39 is 0 Å². The van der Waals surface area contributed by atoms with Crippen LogP contribution in [0.5, 0.6) is 11.5 Å². The summed E-state index contributed by atoms with van der Waals surface area (Å²) in [6.45, 7) is 1.21. The molecule has 7 heteroatoms. The monoisotopic (exact) mass is 363 g/mol. The molecule has 1 unspecified atom stereocenters. The number of benzene rings is 1. The zero-order chi connectivity index (χ0) is 17.6. The van der Waals surface area contributed by atoms with Gasteiger partial charge in [0.1, 0.15) is 11.5 Å². The number of nitrogens with zero attached hydrogens (tertiary/aromatic N) is 3. The Morgan fingerprint density at radius 3 is 2.60 bits per heavy atom. The van der Waals surface area contributed by atoms with Gasteiger partial charge in [0.2, 0.25) is 5.89 Å². The largest absolute Gasteiger partial charge is 0.497 e. The van der Waals surface area contributed by atoms with Gasteiger partial charge in [0.05, 0.1) is 14.2 Å². The molecule has 0 amide bonds. The summed E-state index contributed by atoms with van der Waals surface area (Å²) in [6.07, 6.45) is 5.08. The Kier molecular flexibility index (Phi) is 6.20. The van der Waals surface area contributed by atoms with E-state index in [0.29, 0.717) is 28.7 Å². The highest BCUT2D eigenvalue weighted by molar-refractivity contribution is 7.99. The quantitative estimate of drug-likeness (QED) is 0.695. The van der Waals surface area contributed by atoms with Crippen molar-refractivity contribution in [2.75, 3.05) is 33.6 Å². The topological polar surface area (TPSA) is 60.6 Å². The Labute approximate surface area is 152 Å². The normalized spacial score (nSPS) is 18.3. The number of aromatic nitrogens is 2. The first-order chi connectivity index (χ1) is 12.2. The average molecular weight is 363 g/mol. The third-order valence-electron chi connectivity index (χ3n) is 4.60. The van der Waals surface area contributed by atoms with Gasteiger partial charge in [-0.15, -0.1) is 10.2 Å². The first-order valence-electron chi connectivity index (χ1n) is 8.59. The van der Waals surface area contributed by atoms with Crippen LogP contribution in [0.2, 0.25) is 0 Å². The number of likely N-dealkylation sites (tertiary alicyclic amines) is 1. The van der Waals surface area contributed by atoms with Gasteiger partial charge in [-0.2, -0.15) is 0 Å². The molecule has 1 aliphatic heterocycles. The minimum absolute atomic E-state index is 0.481. The van der Waals surface area contributed by atoms with Crippen LogP contribution in [0.15, 0.2) is 27.8 Å². The number of ether oxygens (including phenoxy) is 2. The number of rotatable bonds is 7. The molecule has 1 aromatic heterocycles. The van der Waals surface area contributed by atoms with E-state index in [1.54, 1.807) is 26.0 Å². The predicted molar refractivity (Wildman–Crippen MR) is 98.4 cm³/mol. The smallest absolute Gasteiger partial charge is 0.276 e. The average Bonchev–Trinajstić information content (AvgIpc) is 3.12. The van der Waals surface area contributed by atoms with E-state index in [-0.39, 0.29) is 0 Å². The lowest BCUT2D eigenvalue weighted by Gasteiger charge is -2.32. The SMILES string of the molecule is COc1cc(OC)cc(-c2nnc(SCCC3CCCCN3C)o2)c1. The molecule has 0 aliphatic carbocycles. The van der Waals surface area contributed by atoms with Gasteiger partial charge in [-0.1, -0.05) is 18.2 Å². The maximum Gasteiger partial charge on any atom is 0.276 e. The van der Waals surface area contributed by atoms with Crippen LogP contribution in [0.4, 0.5) is 0 Å². The summed E-state index contributed by atoms with van der Waals surface area (Å²) >= 11 is 1.62. The van der Waals surface area contributed by atoms with Crippen molar-refractivity contribution in [2.45, 2.75) is 36.9 Å². The van der Waals surface area contributed by atoms with Crippen LogP contribution in [-0.4, -0.2) is 54.7 Å². The van der Waals surface area contributed by atoms with Gasteiger partial charge in [-0.05, 0) is 45.0 Å². The maximum absolute atomic E-state index is 5.80. The number of hydrogen-bond donors (Lipinski definition) is 0. The molecule has 2 heterocycles. The second-order valence-corrected chi connectivity index (χ2v) is 7.29. The van der Waals surface area contributed by atoms with Crippen molar-refractivity contribution >= 4 is 11.8 Å². The van der Waals surface area contributed by atoms with Gasteiger partial charge in [-0.3, -0.25) is 0 Å². The maximum atomic E-state index is 5.80. The Balaban J connectivity index is 1.60. The molecule has 0 saturated carbocycles. The van der Waals surface area contributed by atoms with Crippen LogP contribution >= 0.6 is 11.8 Å². The number of methoxy groups -OCH3 is 2. The molecular formula is C18H25N3O3S. The Morgan fingerprint density at radius 2 is 1.92 bits per heavy atom. The van der Waals surface area contributed by atoms with Gasteiger partial charge >= 0.3 is 0 Å². The number of thioether (sulfide) groups is 1. The first-order valence-corrected chi connectivity index (χ1v) is 9.58. The van der Waals surface area contributed by atoms with E-state index in [9.17, 15) is 0 Å². The van der Waals surface area contributed by atoms with Gasteiger partial charge in [0, 0.05) is 23.4 Å². The van der Waals surface area contributed by atoms with Crippen molar-refractivity contribution in [3.63, 3.8) is 0 Å². The third-order valence-corrected chi connectivity index (χ3v) is 5.45. The van der Waals surface area contributed by atoms with Crippen molar-refractivity contribution in [3.8, 4) is 23.0 Å². The van der Waals surface area contributed by atoms with Gasteiger partial charge in [0.25, 0.3) is 5.22 Å². The highest BCUT2D eigenvalue weighted by Gasteiger charge is 2.19. The van der Waals surface area contributed by atoms with Crippen molar-refractivity contribution in [1.82, 2.24) is 15.1 Å². The van der Waals surface area contributed by atoms with Crippen LogP contribution in [0, 0.1) is 0 Å². The summed E-state index contributed by atoms with van der Waals surface area (Å²) < 4.78 is 16.4. The number of hydrogen-bond acceptors (Lipinski definition) is 7. The summed E-state index contributed by atoms with van der Waals surface area (Å²) in [5, 5.41) is 8.92. The standard InChI is InChI=1S/C18H25N3O3S/c1-21-8-5-4-6-14(21)7-9-25-18-20-19-17(24-18)13-10-15(22-2)12-16(11-13)23-3/h10-12,14H,4-9H2,1-3H3. The van der Waals surface area contributed by atoms with E-state index in [1.807, 2.05) is 18.2 Å². The van der Waals surface area contributed by atoms with Crippen LogP contribution in [0.1, 0.15) is 25.7 Å². The lowest BCUT2D eigenvalue weighted by Crippen LogP contribution is -2.36. The second-order valence-electron chi connectivity index (χ2n) is 6.24. The van der Waals surface area contributed by atoms with E-state index in [0.717, 1.165) is 17.7 Å². The molecule has 25 heavy (non-hydrogen) atoms. The van der Waals surface area contributed by atoms with Crippen molar-refractivity contribution in [2.24, 2.45) is 0 Å². The Morgan fingerprint density at radius 1 is 1.16 bits per heavy atom. The summed E-state index contributed by atoms with van der Waals surface area (Å²) in [4.78, 5) is 2.46. The molecule has 3 rings (SSSR count). The molecule has 0 N–H and O–H groups in total. The molecule has 1 aliphatic rings. The summed E-state index contributed by atoms with van der Waals surface area (Å²) in [7, 11) is 5.46. The van der Waals surface area contributed by atoms with Crippen molar-refractivity contribution in [3.05, 3.63) is 18.2 Å². The molecule has 1 aromatic carbocycles. The van der Waals surface area contributed by atoms with E-state index >= 15 is 0 Å². The summed E-state index contributed by atoms with van der Waals surface area (Å²) in [6, 6.07) is 6.21. The number of piperidine rings is 1. The Bertz CT molecular complexity index is 670. The molecule has 0 radical (unpaired) electrons. The summed E-state index contributed by atoms with van der Waals surface area (Å²) in [5.41, 5.74) is 0.794. The van der Waals surface area contributed by atoms with Gasteiger partial charge in [-0.25, -0.2) is 0 Å². The molecule has 0 spiro atoms. The summed E-state index contributed by atoms with van der Waals surface area (Å²) in [5.74, 6) is 2.86. The van der Waals surface area contributed by atoms with Crippen molar-refractivity contribution < 1.29 is 13.9 Å². The van der Waals surface area contributed by atoms with E-state index in [1.165, 1.54) is 25.8 Å². The molecule has 0 bridgehead atoms. The molecular weight excluding hydrogens is 338 g/mol. The molecule has 1 saturated heterocycles. The van der Waals surface area contributed by atoms with E-state index in [4.69, 9.17) is 13.9 Å².